The molecule has 3 heterocycles. The lowest BCUT2D eigenvalue weighted by atomic mass is 10.2. The largest absolute Gasteiger partial charge is 0.497 e. The molecule has 1 aliphatic heterocycles. The number of nitrogens with one attached hydrogen (secondary N) is 1. The molecule has 7 nitrogen and oxygen atoms in total. The summed E-state index contributed by atoms with van der Waals surface area (Å²) >= 11 is 1.47. The van der Waals surface area contributed by atoms with E-state index in [1.54, 1.807) is 31.4 Å². The van der Waals surface area contributed by atoms with Gasteiger partial charge in [0.05, 0.1) is 25.5 Å². The molecule has 0 saturated carbocycles. The average molecular weight is 508 g/mol. The van der Waals surface area contributed by atoms with Crippen LogP contribution in [-0.4, -0.2) is 37.3 Å². The summed E-state index contributed by atoms with van der Waals surface area (Å²) in [4.78, 5) is 19.4. The van der Waals surface area contributed by atoms with Gasteiger partial charge in [0.15, 0.2) is 10.9 Å². The number of methoxy groups -OCH3 is 1. The number of hydrogen-bond acceptors (Lipinski definition) is 7. The Morgan fingerprint density at radius 1 is 1.17 bits per heavy atom. The minimum Gasteiger partial charge on any atom is -0.497 e. The number of amides is 1. The number of hydrogen-bond donors (Lipinski definition) is 1. The van der Waals surface area contributed by atoms with E-state index in [2.05, 4.69) is 5.32 Å². The standard InChI is InChI=1S/C27H26FN3O4S/c1-33-21-10-8-20(9-11-21)31(27-30-24(17-36-27)18-4-6-19(28)7-5-18)16-23-12-13-25(35-23)26(32)29-15-22-3-2-14-34-22/h4-13,17,22H,2-3,14-16H2,1H3,(H,29,32)/t22-/m0/s1. The number of furan rings is 1. The van der Waals surface area contributed by atoms with E-state index in [0.717, 1.165) is 47.3 Å². The maximum absolute atomic E-state index is 13.4. The average Bonchev–Trinajstić information content (AvgIpc) is 3.69. The highest BCUT2D eigenvalue weighted by Crippen LogP contribution is 2.34. The number of ether oxygens (including phenoxy) is 2. The van der Waals surface area contributed by atoms with E-state index >= 15 is 0 Å². The number of anilines is 2. The quantitative estimate of drug-likeness (QED) is 0.309. The van der Waals surface area contributed by atoms with Crippen molar-refractivity contribution < 1.29 is 23.1 Å². The van der Waals surface area contributed by atoms with Gasteiger partial charge in [-0.05, 0) is 73.5 Å². The molecule has 36 heavy (non-hydrogen) atoms. The lowest BCUT2D eigenvalue weighted by Crippen LogP contribution is -2.31. The van der Waals surface area contributed by atoms with Crippen LogP contribution >= 0.6 is 11.3 Å². The highest BCUT2D eigenvalue weighted by molar-refractivity contribution is 7.14. The molecule has 5 rings (SSSR count). The van der Waals surface area contributed by atoms with Crippen LogP contribution in [-0.2, 0) is 11.3 Å². The Bertz CT molecular complexity index is 1300. The van der Waals surface area contributed by atoms with Gasteiger partial charge in [-0.25, -0.2) is 9.37 Å². The Balaban J connectivity index is 1.36. The smallest absolute Gasteiger partial charge is 0.287 e. The number of nitrogens with zero attached hydrogens (tertiary/aromatic N) is 2. The maximum atomic E-state index is 13.4. The summed E-state index contributed by atoms with van der Waals surface area (Å²) in [5.74, 6) is 1.06. The van der Waals surface area contributed by atoms with Crippen LogP contribution in [0.1, 0.15) is 29.2 Å². The minimum atomic E-state index is -0.289. The fraction of sp³-hybridized carbons (Fsp3) is 0.259. The minimum absolute atomic E-state index is 0.0640. The van der Waals surface area contributed by atoms with Crippen molar-refractivity contribution in [3.8, 4) is 17.0 Å². The van der Waals surface area contributed by atoms with E-state index in [4.69, 9.17) is 18.9 Å². The molecule has 0 spiro atoms. The van der Waals surface area contributed by atoms with Crippen molar-refractivity contribution in [2.24, 2.45) is 0 Å². The molecular formula is C27H26FN3O4S. The van der Waals surface area contributed by atoms with Crippen LogP contribution in [0.15, 0.2) is 70.5 Å². The number of aromatic nitrogens is 1. The zero-order valence-electron chi connectivity index (χ0n) is 19.8. The van der Waals surface area contributed by atoms with Gasteiger partial charge in [0, 0.05) is 29.8 Å². The van der Waals surface area contributed by atoms with Crippen molar-refractivity contribution in [3.63, 3.8) is 0 Å². The van der Waals surface area contributed by atoms with Gasteiger partial charge in [-0.2, -0.15) is 0 Å². The van der Waals surface area contributed by atoms with Crippen molar-refractivity contribution in [1.29, 1.82) is 0 Å². The summed E-state index contributed by atoms with van der Waals surface area (Å²) in [6, 6.07) is 17.4. The molecule has 0 unspecified atom stereocenters. The molecule has 1 atom stereocenters. The molecular weight excluding hydrogens is 481 g/mol. The Labute approximate surface area is 212 Å². The normalized spacial score (nSPS) is 15.1. The van der Waals surface area contributed by atoms with Crippen molar-refractivity contribution >= 4 is 28.1 Å². The summed E-state index contributed by atoms with van der Waals surface area (Å²) in [5.41, 5.74) is 2.47. The predicted octanol–water partition coefficient (Wildman–Crippen LogP) is 5.80. The van der Waals surface area contributed by atoms with Gasteiger partial charge in [0.1, 0.15) is 17.3 Å². The van der Waals surface area contributed by atoms with E-state index in [-0.39, 0.29) is 23.6 Å². The summed E-state index contributed by atoms with van der Waals surface area (Å²) in [6.07, 6.45) is 2.04. The van der Waals surface area contributed by atoms with Crippen LogP contribution in [0.2, 0.25) is 0 Å². The lowest BCUT2D eigenvalue weighted by Gasteiger charge is -2.21. The summed E-state index contributed by atoms with van der Waals surface area (Å²) < 4.78 is 30.1. The van der Waals surface area contributed by atoms with Crippen molar-refractivity contribution in [1.82, 2.24) is 10.3 Å². The van der Waals surface area contributed by atoms with Gasteiger partial charge >= 0.3 is 0 Å². The predicted molar refractivity (Wildman–Crippen MR) is 136 cm³/mol. The van der Waals surface area contributed by atoms with Crippen LogP contribution in [0.25, 0.3) is 11.3 Å². The van der Waals surface area contributed by atoms with E-state index in [9.17, 15) is 9.18 Å². The number of halogens is 1. The van der Waals surface area contributed by atoms with Crippen molar-refractivity contribution in [2.75, 3.05) is 25.2 Å². The molecule has 1 amide bonds. The van der Waals surface area contributed by atoms with Crippen molar-refractivity contribution in [3.05, 3.63) is 83.4 Å². The summed E-state index contributed by atoms with van der Waals surface area (Å²) in [7, 11) is 1.62. The Kier molecular flexibility index (Phi) is 7.29. The van der Waals surface area contributed by atoms with E-state index in [1.165, 1.54) is 23.5 Å². The molecule has 1 fully saturated rings. The highest BCUT2D eigenvalue weighted by Gasteiger charge is 2.20. The molecule has 1 saturated heterocycles. The SMILES string of the molecule is COc1ccc(N(Cc2ccc(C(=O)NC[C@@H]3CCCO3)o2)c2nc(-c3ccc(F)cc3)cs2)cc1. The van der Waals surface area contributed by atoms with Crippen LogP contribution in [0.3, 0.4) is 0 Å². The maximum Gasteiger partial charge on any atom is 0.287 e. The number of thiazole rings is 1. The molecule has 9 heteroatoms. The van der Waals surface area contributed by atoms with Gasteiger partial charge in [-0.3, -0.25) is 4.79 Å². The van der Waals surface area contributed by atoms with Gasteiger partial charge < -0.3 is 24.1 Å². The van der Waals surface area contributed by atoms with Crippen LogP contribution in [0.5, 0.6) is 5.75 Å². The first kappa shape index (κ1) is 24.0. The van der Waals surface area contributed by atoms with Gasteiger partial charge in [-0.1, -0.05) is 0 Å². The van der Waals surface area contributed by atoms with E-state index in [1.807, 2.05) is 34.5 Å². The zero-order chi connectivity index (χ0) is 24.9. The molecule has 4 aromatic rings. The zero-order valence-corrected chi connectivity index (χ0v) is 20.6. The molecule has 1 aliphatic rings. The van der Waals surface area contributed by atoms with Crippen LogP contribution in [0, 0.1) is 5.82 Å². The number of carbonyl (C=O) groups excluding carboxylic acids is 1. The molecule has 2 aromatic heterocycles. The molecule has 186 valence electrons. The first-order chi connectivity index (χ1) is 17.6. The van der Waals surface area contributed by atoms with Crippen LogP contribution in [0.4, 0.5) is 15.2 Å². The number of rotatable bonds is 9. The van der Waals surface area contributed by atoms with Gasteiger partial charge in [-0.15, -0.1) is 11.3 Å². The van der Waals surface area contributed by atoms with Crippen LogP contribution < -0.4 is 15.0 Å². The molecule has 0 aliphatic carbocycles. The fourth-order valence-corrected chi connectivity index (χ4v) is 4.87. The number of benzene rings is 2. The Hall–Kier alpha value is -3.69. The summed E-state index contributed by atoms with van der Waals surface area (Å²) in [5, 5.41) is 5.56. The molecule has 2 aromatic carbocycles. The fourth-order valence-electron chi connectivity index (χ4n) is 4.01. The second kappa shape index (κ2) is 10.9. The third-order valence-corrected chi connectivity index (χ3v) is 6.82. The van der Waals surface area contributed by atoms with Gasteiger partial charge in [0.25, 0.3) is 5.91 Å². The van der Waals surface area contributed by atoms with Gasteiger partial charge in [0.2, 0.25) is 0 Å². The van der Waals surface area contributed by atoms with E-state index in [0.29, 0.717) is 18.8 Å². The third-order valence-electron chi connectivity index (χ3n) is 5.96. The Morgan fingerprint density at radius 3 is 2.69 bits per heavy atom. The third kappa shape index (κ3) is 5.58. The topological polar surface area (TPSA) is 76.8 Å². The van der Waals surface area contributed by atoms with E-state index < -0.39 is 0 Å². The first-order valence-electron chi connectivity index (χ1n) is 11.7. The lowest BCUT2D eigenvalue weighted by molar-refractivity contribution is 0.0834. The molecule has 1 N–H and O–H groups in total. The number of carbonyl (C=O) groups is 1. The monoisotopic (exact) mass is 507 g/mol. The van der Waals surface area contributed by atoms with Crippen molar-refractivity contribution in [2.45, 2.75) is 25.5 Å². The Morgan fingerprint density at radius 2 is 1.97 bits per heavy atom. The first-order valence-corrected chi connectivity index (χ1v) is 12.6. The molecule has 0 radical (unpaired) electrons. The molecule has 0 bridgehead atoms. The second-order valence-electron chi connectivity index (χ2n) is 8.42. The second-order valence-corrected chi connectivity index (χ2v) is 9.25. The highest BCUT2D eigenvalue weighted by atomic mass is 32.1. The summed E-state index contributed by atoms with van der Waals surface area (Å²) in [6.45, 7) is 1.58.